The SMILES string of the molecule is CC(C)c1ccc(C=CC(=O)NC(=S)Nc2ccc(Br)cc2I)cc1. The van der Waals surface area contributed by atoms with Crippen molar-refractivity contribution < 1.29 is 4.79 Å². The number of carbonyl (C=O) groups is 1. The second kappa shape index (κ2) is 9.45. The number of hydrogen-bond donors (Lipinski definition) is 2. The van der Waals surface area contributed by atoms with Gasteiger partial charge in [-0.25, -0.2) is 0 Å². The van der Waals surface area contributed by atoms with Gasteiger partial charge in [0.05, 0.1) is 5.69 Å². The van der Waals surface area contributed by atoms with Crippen LogP contribution in [0.1, 0.15) is 30.9 Å². The average molecular weight is 529 g/mol. The molecule has 6 heteroatoms. The molecule has 0 saturated carbocycles. The molecule has 0 atom stereocenters. The number of hydrogen-bond acceptors (Lipinski definition) is 2. The first-order valence-electron chi connectivity index (χ1n) is 7.70. The van der Waals surface area contributed by atoms with Crippen molar-refractivity contribution in [2.75, 3.05) is 5.32 Å². The summed E-state index contributed by atoms with van der Waals surface area (Å²) in [5, 5.41) is 5.94. The first-order valence-corrected chi connectivity index (χ1v) is 9.98. The van der Waals surface area contributed by atoms with Gasteiger partial charge in [0.2, 0.25) is 5.91 Å². The first kappa shape index (κ1) is 20.1. The average Bonchev–Trinajstić information content (AvgIpc) is 2.56. The molecule has 2 aromatic carbocycles. The van der Waals surface area contributed by atoms with Gasteiger partial charge in [-0.2, -0.15) is 0 Å². The van der Waals surface area contributed by atoms with E-state index in [4.69, 9.17) is 12.2 Å². The Bertz CT molecular complexity index is 804. The number of halogens is 2. The molecule has 0 aliphatic rings. The van der Waals surface area contributed by atoms with Gasteiger partial charge in [-0.15, -0.1) is 0 Å². The fraction of sp³-hybridized carbons (Fsp3) is 0.158. The highest BCUT2D eigenvalue weighted by molar-refractivity contribution is 14.1. The molecule has 0 aromatic heterocycles. The van der Waals surface area contributed by atoms with Crippen molar-refractivity contribution in [3.8, 4) is 0 Å². The normalized spacial score (nSPS) is 10.9. The van der Waals surface area contributed by atoms with E-state index in [-0.39, 0.29) is 11.0 Å². The topological polar surface area (TPSA) is 41.1 Å². The van der Waals surface area contributed by atoms with Crippen LogP contribution < -0.4 is 10.6 Å². The van der Waals surface area contributed by atoms with Gasteiger partial charge in [0.15, 0.2) is 5.11 Å². The second-order valence-corrected chi connectivity index (χ2v) is 8.21. The quantitative estimate of drug-likeness (QED) is 0.303. The molecule has 0 heterocycles. The molecule has 1 amide bonds. The van der Waals surface area contributed by atoms with Crippen molar-refractivity contribution >= 4 is 73.5 Å². The summed E-state index contributed by atoms with van der Waals surface area (Å²) in [6.07, 6.45) is 3.25. The van der Waals surface area contributed by atoms with E-state index >= 15 is 0 Å². The Morgan fingerprint density at radius 1 is 1.20 bits per heavy atom. The Kier molecular flexibility index (Phi) is 7.58. The lowest BCUT2D eigenvalue weighted by Gasteiger charge is -2.10. The Morgan fingerprint density at radius 2 is 1.88 bits per heavy atom. The lowest BCUT2D eigenvalue weighted by molar-refractivity contribution is -0.115. The van der Waals surface area contributed by atoms with E-state index in [1.165, 1.54) is 11.6 Å². The Hall–Kier alpha value is -1.25. The minimum Gasteiger partial charge on any atom is -0.332 e. The van der Waals surface area contributed by atoms with Crippen molar-refractivity contribution in [3.05, 3.63) is 67.7 Å². The number of carbonyl (C=O) groups excluding carboxylic acids is 1. The van der Waals surface area contributed by atoms with Crippen LogP contribution in [0.5, 0.6) is 0 Å². The van der Waals surface area contributed by atoms with Gasteiger partial charge in [0.25, 0.3) is 0 Å². The lowest BCUT2D eigenvalue weighted by Crippen LogP contribution is -2.33. The molecule has 0 unspecified atom stereocenters. The molecule has 0 aliphatic carbocycles. The fourth-order valence-electron chi connectivity index (χ4n) is 2.06. The summed E-state index contributed by atoms with van der Waals surface area (Å²) in [6.45, 7) is 4.30. The van der Waals surface area contributed by atoms with Crippen molar-refractivity contribution in [2.45, 2.75) is 19.8 Å². The zero-order chi connectivity index (χ0) is 18.4. The molecule has 0 saturated heterocycles. The second-order valence-electron chi connectivity index (χ2n) is 5.72. The van der Waals surface area contributed by atoms with Crippen LogP contribution in [0.4, 0.5) is 5.69 Å². The van der Waals surface area contributed by atoms with Crippen LogP contribution in [0.25, 0.3) is 6.08 Å². The zero-order valence-corrected chi connectivity index (χ0v) is 18.4. The maximum Gasteiger partial charge on any atom is 0.250 e. The predicted molar refractivity (Wildman–Crippen MR) is 121 cm³/mol. The minimum atomic E-state index is -0.266. The van der Waals surface area contributed by atoms with E-state index < -0.39 is 0 Å². The number of nitrogens with one attached hydrogen (secondary N) is 2. The number of amides is 1. The summed E-state index contributed by atoms with van der Waals surface area (Å²) < 4.78 is 1.99. The molecule has 0 bridgehead atoms. The maximum absolute atomic E-state index is 12.0. The largest absolute Gasteiger partial charge is 0.332 e. The predicted octanol–water partition coefficient (Wildman–Crippen LogP) is 5.70. The van der Waals surface area contributed by atoms with E-state index in [1.807, 2.05) is 30.3 Å². The van der Waals surface area contributed by atoms with E-state index in [0.717, 1.165) is 19.3 Å². The van der Waals surface area contributed by atoms with Gasteiger partial charge in [-0.05, 0) is 76.1 Å². The summed E-state index contributed by atoms with van der Waals surface area (Å²) in [6, 6.07) is 13.9. The van der Waals surface area contributed by atoms with Crippen molar-refractivity contribution in [3.63, 3.8) is 0 Å². The Morgan fingerprint density at radius 3 is 2.48 bits per heavy atom. The number of anilines is 1. The summed E-state index contributed by atoms with van der Waals surface area (Å²) in [4.78, 5) is 12.0. The van der Waals surface area contributed by atoms with E-state index in [1.54, 1.807) is 6.08 Å². The van der Waals surface area contributed by atoms with Crippen LogP contribution in [0.3, 0.4) is 0 Å². The van der Waals surface area contributed by atoms with Crippen LogP contribution in [-0.2, 0) is 4.79 Å². The van der Waals surface area contributed by atoms with Crippen molar-refractivity contribution in [1.82, 2.24) is 5.32 Å². The molecule has 0 aliphatic heterocycles. The smallest absolute Gasteiger partial charge is 0.250 e. The molecule has 25 heavy (non-hydrogen) atoms. The molecular formula is C19H18BrIN2OS. The molecule has 130 valence electrons. The van der Waals surface area contributed by atoms with Gasteiger partial charge >= 0.3 is 0 Å². The Labute approximate surface area is 175 Å². The minimum absolute atomic E-state index is 0.266. The zero-order valence-electron chi connectivity index (χ0n) is 13.8. The third-order valence-electron chi connectivity index (χ3n) is 3.45. The molecule has 0 fully saturated rings. The molecular weight excluding hydrogens is 511 g/mol. The summed E-state index contributed by atoms with van der Waals surface area (Å²) in [7, 11) is 0. The van der Waals surface area contributed by atoms with Gasteiger partial charge in [-0.1, -0.05) is 54.0 Å². The third kappa shape index (κ3) is 6.52. The highest BCUT2D eigenvalue weighted by Crippen LogP contribution is 2.22. The van der Waals surface area contributed by atoms with Crippen molar-refractivity contribution in [1.29, 1.82) is 0 Å². The third-order valence-corrected chi connectivity index (χ3v) is 5.04. The van der Waals surface area contributed by atoms with Crippen LogP contribution in [0.2, 0.25) is 0 Å². The summed E-state index contributed by atoms with van der Waals surface area (Å²) in [5.74, 6) is 0.226. The highest BCUT2D eigenvalue weighted by Gasteiger charge is 2.05. The van der Waals surface area contributed by atoms with Crippen LogP contribution in [-0.4, -0.2) is 11.0 Å². The van der Waals surface area contributed by atoms with Gasteiger partial charge in [-0.3, -0.25) is 10.1 Å². The molecule has 0 spiro atoms. The number of thiocarbonyl (C=S) groups is 1. The standard InChI is InChI=1S/C19H18BrIN2OS/c1-12(2)14-6-3-13(4-7-14)5-10-18(24)23-19(25)22-17-9-8-15(20)11-16(17)21/h3-12H,1-2H3,(H2,22,23,24,25). The van der Waals surface area contributed by atoms with E-state index in [9.17, 15) is 4.79 Å². The summed E-state index contributed by atoms with van der Waals surface area (Å²) >= 11 is 10.8. The molecule has 3 nitrogen and oxygen atoms in total. The van der Waals surface area contributed by atoms with Crippen molar-refractivity contribution in [2.24, 2.45) is 0 Å². The Balaban J connectivity index is 1.91. The lowest BCUT2D eigenvalue weighted by atomic mass is 10.0. The highest BCUT2D eigenvalue weighted by atomic mass is 127. The molecule has 2 aromatic rings. The van der Waals surface area contributed by atoms with Crippen LogP contribution in [0.15, 0.2) is 53.0 Å². The fourth-order valence-corrected chi connectivity index (χ4v) is 3.71. The van der Waals surface area contributed by atoms with E-state index in [2.05, 4.69) is 75.1 Å². The molecule has 2 N–H and O–H groups in total. The number of rotatable bonds is 4. The molecule has 2 rings (SSSR count). The van der Waals surface area contributed by atoms with Crippen LogP contribution in [0, 0.1) is 3.57 Å². The van der Waals surface area contributed by atoms with E-state index in [0.29, 0.717) is 5.92 Å². The van der Waals surface area contributed by atoms with Crippen LogP contribution >= 0.6 is 50.7 Å². The van der Waals surface area contributed by atoms with Gasteiger partial charge in [0, 0.05) is 14.1 Å². The van der Waals surface area contributed by atoms with Gasteiger partial charge < -0.3 is 5.32 Å². The molecule has 0 radical (unpaired) electrons. The monoisotopic (exact) mass is 528 g/mol. The number of benzene rings is 2. The maximum atomic E-state index is 12.0. The summed E-state index contributed by atoms with van der Waals surface area (Å²) in [5.41, 5.74) is 3.10. The first-order chi connectivity index (χ1) is 11.8. The van der Waals surface area contributed by atoms with Gasteiger partial charge in [0.1, 0.15) is 0 Å².